The van der Waals surface area contributed by atoms with E-state index < -0.39 is 11.8 Å². The van der Waals surface area contributed by atoms with Crippen molar-refractivity contribution in [3.8, 4) is 11.5 Å². The van der Waals surface area contributed by atoms with Gasteiger partial charge in [0.15, 0.2) is 11.6 Å². The molecule has 2 aromatic carbocycles. The Morgan fingerprint density at radius 3 is 2.60 bits per heavy atom. The number of halogens is 1. The summed E-state index contributed by atoms with van der Waals surface area (Å²) in [6, 6.07) is 7.32. The normalized spacial score (nSPS) is 10.3. The molecule has 0 saturated carbocycles. The minimum Gasteiger partial charge on any atom is -0.478 e. The SMILES string of the molecule is Cc1ccc(F)c(Oc2cc(C)c(N)c(C(=O)O)c2)c1. The first-order valence-electron chi connectivity index (χ1n) is 5.96. The highest BCUT2D eigenvalue weighted by Gasteiger charge is 2.14. The third-order valence-corrected chi connectivity index (χ3v) is 2.91. The second-order valence-electron chi connectivity index (χ2n) is 4.54. The van der Waals surface area contributed by atoms with Crippen molar-refractivity contribution < 1.29 is 19.0 Å². The van der Waals surface area contributed by atoms with E-state index >= 15 is 0 Å². The Balaban J connectivity index is 2.44. The summed E-state index contributed by atoms with van der Waals surface area (Å²) in [6.07, 6.45) is 0. The molecule has 0 radical (unpaired) electrons. The molecule has 104 valence electrons. The van der Waals surface area contributed by atoms with Gasteiger partial charge in [-0.15, -0.1) is 0 Å². The van der Waals surface area contributed by atoms with Crippen molar-refractivity contribution in [3.05, 3.63) is 52.8 Å². The van der Waals surface area contributed by atoms with Crippen LogP contribution in [-0.2, 0) is 0 Å². The molecule has 0 amide bonds. The van der Waals surface area contributed by atoms with Crippen LogP contribution in [0.15, 0.2) is 30.3 Å². The standard InChI is InChI=1S/C15H14FNO3/c1-8-3-4-12(16)13(5-8)20-10-6-9(2)14(17)11(7-10)15(18)19/h3-7H,17H2,1-2H3,(H,18,19). The Labute approximate surface area is 115 Å². The van der Waals surface area contributed by atoms with Crippen LogP contribution in [0.25, 0.3) is 0 Å². The monoisotopic (exact) mass is 275 g/mol. The Kier molecular flexibility index (Phi) is 3.61. The number of benzene rings is 2. The highest BCUT2D eigenvalue weighted by atomic mass is 19.1. The van der Waals surface area contributed by atoms with Crippen molar-refractivity contribution >= 4 is 11.7 Å². The molecule has 0 bridgehead atoms. The zero-order chi connectivity index (χ0) is 14.9. The van der Waals surface area contributed by atoms with Crippen LogP contribution in [-0.4, -0.2) is 11.1 Å². The maximum atomic E-state index is 13.6. The highest BCUT2D eigenvalue weighted by Crippen LogP contribution is 2.30. The largest absolute Gasteiger partial charge is 0.478 e. The van der Waals surface area contributed by atoms with Crippen LogP contribution in [0.4, 0.5) is 10.1 Å². The van der Waals surface area contributed by atoms with Gasteiger partial charge in [-0.3, -0.25) is 0 Å². The van der Waals surface area contributed by atoms with E-state index in [0.717, 1.165) is 5.56 Å². The van der Waals surface area contributed by atoms with Gasteiger partial charge in [-0.2, -0.15) is 0 Å². The molecular formula is C15H14FNO3. The van der Waals surface area contributed by atoms with Gasteiger partial charge in [0, 0.05) is 5.69 Å². The molecule has 4 nitrogen and oxygen atoms in total. The van der Waals surface area contributed by atoms with Crippen molar-refractivity contribution in [2.45, 2.75) is 13.8 Å². The van der Waals surface area contributed by atoms with Gasteiger partial charge in [-0.25, -0.2) is 9.18 Å². The van der Waals surface area contributed by atoms with E-state index in [-0.39, 0.29) is 22.7 Å². The zero-order valence-corrected chi connectivity index (χ0v) is 11.1. The third-order valence-electron chi connectivity index (χ3n) is 2.91. The number of hydrogen-bond acceptors (Lipinski definition) is 3. The van der Waals surface area contributed by atoms with Crippen LogP contribution in [0.3, 0.4) is 0 Å². The highest BCUT2D eigenvalue weighted by molar-refractivity contribution is 5.95. The van der Waals surface area contributed by atoms with Gasteiger partial charge in [0.1, 0.15) is 5.75 Å². The fourth-order valence-corrected chi connectivity index (χ4v) is 1.82. The van der Waals surface area contributed by atoms with Crippen LogP contribution >= 0.6 is 0 Å². The maximum absolute atomic E-state index is 13.6. The first-order chi connectivity index (χ1) is 9.38. The minimum atomic E-state index is -1.15. The molecule has 2 rings (SSSR count). The van der Waals surface area contributed by atoms with Crippen molar-refractivity contribution in [1.82, 2.24) is 0 Å². The Bertz CT molecular complexity index is 683. The zero-order valence-electron chi connectivity index (χ0n) is 11.1. The minimum absolute atomic E-state index is 0.0468. The molecule has 3 N–H and O–H groups in total. The second kappa shape index (κ2) is 5.21. The number of carboxylic acid groups (broad SMARTS) is 1. The quantitative estimate of drug-likeness (QED) is 0.841. The summed E-state index contributed by atoms with van der Waals surface area (Å²) >= 11 is 0. The van der Waals surface area contributed by atoms with Gasteiger partial charge >= 0.3 is 5.97 Å². The molecule has 0 fully saturated rings. The Hall–Kier alpha value is -2.56. The van der Waals surface area contributed by atoms with Crippen molar-refractivity contribution in [2.24, 2.45) is 0 Å². The number of aryl methyl sites for hydroxylation is 2. The van der Waals surface area contributed by atoms with Gasteiger partial charge in [0.05, 0.1) is 5.56 Å². The summed E-state index contributed by atoms with van der Waals surface area (Å²) in [4.78, 5) is 11.1. The molecule has 0 aliphatic rings. The molecule has 2 aromatic rings. The maximum Gasteiger partial charge on any atom is 0.337 e. The lowest BCUT2D eigenvalue weighted by atomic mass is 10.1. The van der Waals surface area contributed by atoms with E-state index in [9.17, 15) is 9.18 Å². The van der Waals surface area contributed by atoms with Crippen molar-refractivity contribution in [1.29, 1.82) is 0 Å². The third kappa shape index (κ3) is 2.71. The summed E-state index contributed by atoms with van der Waals surface area (Å²) < 4.78 is 19.1. The summed E-state index contributed by atoms with van der Waals surface area (Å²) in [6.45, 7) is 3.48. The predicted octanol–water partition coefficient (Wildman–Crippen LogP) is 3.52. The number of hydrogen-bond donors (Lipinski definition) is 2. The summed E-state index contributed by atoms with van der Waals surface area (Å²) in [5, 5.41) is 9.07. The van der Waals surface area contributed by atoms with Crippen molar-refractivity contribution in [3.63, 3.8) is 0 Å². The first kappa shape index (κ1) is 13.9. The summed E-state index contributed by atoms with van der Waals surface area (Å²) in [7, 11) is 0. The van der Waals surface area contributed by atoms with Crippen LogP contribution in [0.2, 0.25) is 0 Å². The van der Waals surface area contributed by atoms with E-state index in [2.05, 4.69) is 0 Å². The summed E-state index contributed by atoms with van der Waals surface area (Å²) in [5.74, 6) is -1.38. The average molecular weight is 275 g/mol. The van der Waals surface area contributed by atoms with Crippen LogP contribution < -0.4 is 10.5 Å². The molecular weight excluding hydrogens is 261 g/mol. The topological polar surface area (TPSA) is 72.5 Å². The fourth-order valence-electron chi connectivity index (χ4n) is 1.82. The average Bonchev–Trinajstić information content (AvgIpc) is 2.37. The molecule has 20 heavy (non-hydrogen) atoms. The fraction of sp³-hybridized carbons (Fsp3) is 0.133. The Morgan fingerprint density at radius 1 is 1.25 bits per heavy atom. The molecule has 0 saturated heterocycles. The number of ether oxygens (including phenoxy) is 1. The number of nitrogen functional groups attached to an aromatic ring is 1. The van der Waals surface area contributed by atoms with Crippen LogP contribution in [0.1, 0.15) is 21.5 Å². The van der Waals surface area contributed by atoms with Crippen molar-refractivity contribution in [2.75, 3.05) is 5.73 Å². The molecule has 0 atom stereocenters. The van der Waals surface area contributed by atoms with Gasteiger partial charge in [-0.1, -0.05) is 6.07 Å². The van der Waals surface area contributed by atoms with Gasteiger partial charge < -0.3 is 15.6 Å². The lowest BCUT2D eigenvalue weighted by Gasteiger charge is -2.11. The number of nitrogens with two attached hydrogens (primary N) is 1. The Morgan fingerprint density at radius 2 is 1.95 bits per heavy atom. The summed E-state index contributed by atoms with van der Waals surface area (Å²) in [5.41, 5.74) is 7.21. The van der Waals surface area contributed by atoms with Crippen LogP contribution in [0.5, 0.6) is 11.5 Å². The lowest BCUT2D eigenvalue weighted by molar-refractivity contribution is 0.0697. The van der Waals surface area contributed by atoms with Gasteiger partial charge in [-0.05, 0) is 49.2 Å². The van der Waals surface area contributed by atoms with E-state index in [0.29, 0.717) is 5.56 Å². The second-order valence-corrected chi connectivity index (χ2v) is 4.54. The van der Waals surface area contributed by atoms with E-state index in [1.165, 1.54) is 12.1 Å². The molecule has 0 spiro atoms. The molecule has 0 aliphatic heterocycles. The van der Waals surface area contributed by atoms with E-state index in [1.807, 2.05) is 6.92 Å². The molecule has 0 unspecified atom stereocenters. The number of anilines is 1. The number of aromatic carboxylic acids is 1. The molecule has 0 aliphatic carbocycles. The van der Waals surface area contributed by atoms with E-state index in [1.54, 1.807) is 25.1 Å². The number of rotatable bonds is 3. The first-order valence-corrected chi connectivity index (χ1v) is 5.96. The molecule has 5 heteroatoms. The van der Waals surface area contributed by atoms with Crippen LogP contribution in [0, 0.1) is 19.7 Å². The van der Waals surface area contributed by atoms with E-state index in [4.69, 9.17) is 15.6 Å². The number of carboxylic acids is 1. The number of carbonyl (C=O) groups is 1. The van der Waals surface area contributed by atoms with Gasteiger partial charge in [0.2, 0.25) is 0 Å². The smallest absolute Gasteiger partial charge is 0.337 e. The molecule has 0 aromatic heterocycles. The predicted molar refractivity (Wildman–Crippen MR) is 73.8 cm³/mol. The van der Waals surface area contributed by atoms with Gasteiger partial charge in [0.25, 0.3) is 0 Å². The lowest BCUT2D eigenvalue weighted by Crippen LogP contribution is -2.04. The molecule has 0 heterocycles.